The molecule has 1 aliphatic carbocycles. The number of aliphatic hydroxyl groups is 1. The third-order valence-corrected chi connectivity index (χ3v) is 7.78. The second-order valence-electron chi connectivity index (χ2n) is 9.23. The fourth-order valence-electron chi connectivity index (χ4n) is 6.01. The average molecular weight is 445 g/mol. The SMILES string of the molecule is N#CC1(c2ccc(-c3ccc4c(c3)C[C@H]3[C@H](CN)OC(=O)N43)cn2)C2CN(C(=O)CO)CC21. The maximum absolute atomic E-state index is 12.2. The number of nitriles is 1. The highest BCUT2D eigenvalue weighted by Gasteiger charge is 2.71. The second-order valence-corrected chi connectivity index (χ2v) is 9.23. The maximum atomic E-state index is 12.2. The molecule has 6 rings (SSSR count). The van der Waals surface area contributed by atoms with Crippen LogP contribution in [0, 0.1) is 23.2 Å². The first kappa shape index (κ1) is 20.1. The third kappa shape index (κ3) is 2.68. The zero-order valence-electron chi connectivity index (χ0n) is 17.8. The van der Waals surface area contributed by atoms with Crippen LogP contribution in [-0.2, 0) is 21.4 Å². The summed E-state index contributed by atoms with van der Waals surface area (Å²) in [5.74, 6) is -0.180. The van der Waals surface area contributed by atoms with Gasteiger partial charge in [-0.1, -0.05) is 12.1 Å². The Morgan fingerprint density at radius 1 is 1.27 bits per heavy atom. The fraction of sp³-hybridized carbons (Fsp3) is 0.417. The lowest BCUT2D eigenvalue weighted by Gasteiger charge is -2.22. The van der Waals surface area contributed by atoms with Crippen molar-refractivity contribution in [1.82, 2.24) is 9.88 Å². The van der Waals surface area contributed by atoms with Crippen LogP contribution in [0.4, 0.5) is 10.5 Å². The number of piperidine rings is 1. The lowest BCUT2D eigenvalue weighted by molar-refractivity contribution is -0.133. The van der Waals surface area contributed by atoms with Crippen LogP contribution < -0.4 is 10.6 Å². The minimum atomic E-state index is -0.662. The quantitative estimate of drug-likeness (QED) is 0.711. The first-order valence-electron chi connectivity index (χ1n) is 11.1. The highest BCUT2D eigenvalue weighted by molar-refractivity contribution is 5.94. The topological polar surface area (TPSA) is 133 Å². The number of pyridine rings is 1. The molecule has 9 nitrogen and oxygen atoms in total. The summed E-state index contributed by atoms with van der Waals surface area (Å²) >= 11 is 0. The van der Waals surface area contributed by atoms with E-state index in [-0.39, 0.29) is 36.0 Å². The van der Waals surface area contributed by atoms with Crippen LogP contribution in [0.1, 0.15) is 11.3 Å². The van der Waals surface area contributed by atoms with E-state index in [9.17, 15) is 14.9 Å². The lowest BCUT2D eigenvalue weighted by atomic mass is 9.95. The number of ether oxygens (including phenoxy) is 1. The van der Waals surface area contributed by atoms with E-state index in [1.165, 1.54) is 0 Å². The normalized spacial score (nSPS) is 31.0. The second kappa shape index (κ2) is 7.01. The number of anilines is 1. The van der Waals surface area contributed by atoms with E-state index in [2.05, 4.69) is 17.1 Å². The van der Waals surface area contributed by atoms with Crippen molar-refractivity contribution < 1.29 is 19.4 Å². The van der Waals surface area contributed by atoms with Gasteiger partial charge in [-0.15, -0.1) is 0 Å². The molecule has 4 heterocycles. The van der Waals surface area contributed by atoms with Crippen molar-refractivity contribution in [3.8, 4) is 17.2 Å². The first-order valence-corrected chi connectivity index (χ1v) is 11.1. The van der Waals surface area contributed by atoms with Crippen molar-refractivity contribution >= 4 is 17.7 Å². The molecule has 3 aliphatic heterocycles. The van der Waals surface area contributed by atoms with Gasteiger partial charge in [-0.3, -0.25) is 14.7 Å². The molecule has 2 unspecified atom stereocenters. The zero-order valence-corrected chi connectivity index (χ0v) is 17.8. The largest absolute Gasteiger partial charge is 0.442 e. The van der Waals surface area contributed by atoms with Crippen molar-refractivity contribution in [2.24, 2.45) is 17.6 Å². The van der Waals surface area contributed by atoms with Crippen molar-refractivity contribution in [2.45, 2.75) is 24.0 Å². The van der Waals surface area contributed by atoms with Crippen LogP contribution in [0.15, 0.2) is 36.5 Å². The van der Waals surface area contributed by atoms with Gasteiger partial charge in [0.15, 0.2) is 0 Å². The van der Waals surface area contributed by atoms with Gasteiger partial charge in [0.2, 0.25) is 5.91 Å². The molecular weight excluding hydrogens is 422 g/mol. The number of nitrogens with two attached hydrogens (primary N) is 1. The number of hydrogen-bond donors (Lipinski definition) is 2. The highest BCUT2D eigenvalue weighted by atomic mass is 16.6. The van der Waals surface area contributed by atoms with E-state index in [4.69, 9.17) is 15.6 Å². The number of fused-ring (bicyclic) bond motifs is 4. The molecule has 1 aromatic heterocycles. The van der Waals surface area contributed by atoms with E-state index < -0.39 is 12.0 Å². The van der Waals surface area contributed by atoms with E-state index in [1.54, 1.807) is 16.0 Å². The molecule has 1 aromatic carbocycles. The summed E-state index contributed by atoms with van der Waals surface area (Å²) in [6, 6.07) is 12.3. The molecule has 4 aliphatic rings. The van der Waals surface area contributed by atoms with Gasteiger partial charge in [0.1, 0.15) is 18.1 Å². The van der Waals surface area contributed by atoms with Gasteiger partial charge in [0.25, 0.3) is 0 Å². The molecule has 2 amide bonds. The van der Waals surface area contributed by atoms with Crippen LogP contribution in [-0.4, -0.2) is 65.4 Å². The summed E-state index contributed by atoms with van der Waals surface area (Å²) in [7, 11) is 0. The lowest BCUT2D eigenvalue weighted by Crippen LogP contribution is -2.37. The molecule has 3 fully saturated rings. The predicted molar refractivity (Wildman–Crippen MR) is 117 cm³/mol. The molecule has 2 aromatic rings. The molecule has 33 heavy (non-hydrogen) atoms. The number of nitrogens with zero attached hydrogens (tertiary/aromatic N) is 4. The molecule has 4 atom stereocenters. The van der Waals surface area contributed by atoms with Crippen molar-refractivity contribution in [3.05, 3.63) is 47.8 Å². The van der Waals surface area contributed by atoms with Gasteiger partial charge in [-0.2, -0.15) is 5.26 Å². The molecule has 9 heteroatoms. The van der Waals surface area contributed by atoms with Gasteiger partial charge in [-0.05, 0) is 35.7 Å². The number of carbonyl (C=O) groups excluding carboxylic acids is 2. The predicted octanol–water partition coefficient (Wildman–Crippen LogP) is 0.799. The smallest absolute Gasteiger partial charge is 0.415 e. The number of amides is 2. The third-order valence-electron chi connectivity index (χ3n) is 7.78. The van der Waals surface area contributed by atoms with E-state index in [1.807, 2.05) is 24.3 Å². The van der Waals surface area contributed by atoms with E-state index in [0.717, 1.165) is 28.1 Å². The van der Waals surface area contributed by atoms with Gasteiger partial charge >= 0.3 is 6.09 Å². The molecular formula is C24H23N5O4. The first-order chi connectivity index (χ1) is 16.0. The maximum Gasteiger partial charge on any atom is 0.415 e. The Morgan fingerprint density at radius 3 is 2.67 bits per heavy atom. The molecule has 3 N–H and O–H groups in total. The summed E-state index contributed by atoms with van der Waals surface area (Å²) in [5, 5.41) is 19.0. The number of likely N-dealkylation sites (tertiary alicyclic amines) is 1. The Labute approximate surface area is 190 Å². The Morgan fingerprint density at radius 2 is 2.03 bits per heavy atom. The molecule has 0 bridgehead atoms. The summed E-state index contributed by atoms with van der Waals surface area (Å²) < 4.78 is 5.36. The minimum absolute atomic E-state index is 0.0556. The van der Waals surface area contributed by atoms with Crippen LogP contribution in [0.3, 0.4) is 0 Å². The summed E-state index contributed by atoms with van der Waals surface area (Å²) in [4.78, 5) is 32.0. The van der Waals surface area contributed by atoms with Gasteiger partial charge in [-0.25, -0.2) is 4.79 Å². The Hall–Kier alpha value is -3.48. The number of aromatic nitrogens is 1. The Balaban J connectivity index is 1.23. The molecule has 1 saturated carbocycles. The number of hydrogen-bond acceptors (Lipinski definition) is 7. The number of aliphatic hydroxyl groups excluding tert-OH is 1. The summed E-state index contributed by atoms with van der Waals surface area (Å²) in [6.45, 7) is 0.762. The van der Waals surface area contributed by atoms with Crippen LogP contribution in [0.2, 0.25) is 0 Å². The molecule has 2 saturated heterocycles. The number of benzene rings is 1. The van der Waals surface area contributed by atoms with Gasteiger partial charge in [0.05, 0.1) is 23.5 Å². The zero-order chi connectivity index (χ0) is 22.9. The number of cyclic esters (lactones) is 1. The van der Waals surface area contributed by atoms with Crippen molar-refractivity contribution in [2.75, 3.05) is 31.1 Å². The number of rotatable bonds is 4. The van der Waals surface area contributed by atoms with Crippen molar-refractivity contribution in [1.29, 1.82) is 5.26 Å². The standard InChI is InChI=1S/C24H23N5O4/c25-7-20-19-6-15-5-13(1-3-18(15)29(19)23(32)33-20)14-2-4-21(27-8-14)24(12-26)16-9-28(10-17(16)24)22(31)11-30/h1-5,8,16-17,19-20,30H,6-7,9-11,25H2/t16?,17?,19-,20-,24?/m0/s1. The van der Waals surface area contributed by atoms with Gasteiger partial charge < -0.3 is 20.5 Å². The van der Waals surface area contributed by atoms with Gasteiger partial charge in [0, 0.05) is 43.2 Å². The van der Waals surface area contributed by atoms with Crippen LogP contribution >= 0.6 is 0 Å². The molecule has 0 radical (unpaired) electrons. The summed E-state index contributed by atoms with van der Waals surface area (Å²) in [5.41, 5.74) is 9.71. The number of carbonyl (C=O) groups is 2. The fourth-order valence-corrected chi connectivity index (χ4v) is 6.01. The Kier molecular flexibility index (Phi) is 4.28. The average Bonchev–Trinajstić information content (AvgIpc) is 3.22. The van der Waals surface area contributed by atoms with Crippen LogP contribution in [0.5, 0.6) is 0 Å². The van der Waals surface area contributed by atoms with Crippen LogP contribution in [0.25, 0.3) is 11.1 Å². The monoisotopic (exact) mass is 445 g/mol. The highest BCUT2D eigenvalue weighted by Crippen LogP contribution is 2.62. The van der Waals surface area contributed by atoms with Crippen molar-refractivity contribution in [3.63, 3.8) is 0 Å². The Bertz CT molecular complexity index is 1190. The molecule has 168 valence electrons. The molecule has 0 spiro atoms. The van der Waals surface area contributed by atoms with E-state index in [0.29, 0.717) is 26.1 Å². The van der Waals surface area contributed by atoms with E-state index >= 15 is 0 Å². The minimum Gasteiger partial charge on any atom is -0.442 e. The summed E-state index contributed by atoms with van der Waals surface area (Å²) in [6.07, 6.45) is 1.85.